The molecule has 1 aliphatic rings. The van der Waals surface area contributed by atoms with Crippen LogP contribution in [0.15, 0.2) is 29.3 Å². The zero-order chi connectivity index (χ0) is 19.2. The maximum absolute atomic E-state index is 10.3. The molecule has 0 saturated heterocycles. The fourth-order valence-corrected chi connectivity index (χ4v) is 3.90. The van der Waals surface area contributed by atoms with Crippen molar-refractivity contribution >= 4 is 64.5 Å². The summed E-state index contributed by atoms with van der Waals surface area (Å²) in [5.41, 5.74) is 0.909. The Hall–Kier alpha value is -0.940. The van der Waals surface area contributed by atoms with Crippen molar-refractivity contribution in [3.63, 3.8) is 0 Å². The number of benzene rings is 1. The van der Waals surface area contributed by atoms with Crippen molar-refractivity contribution in [1.82, 2.24) is 10.6 Å². The van der Waals surface area contributed by atoms with Crippen LogP contribution in [0.4, 0.5) is 0 Å². The van der Waals surface area contributed by atoms with Gasteiger partial charge in [-0.2, -0.15) is 0 Å². The molecule has 0 saturated carbocycles. The third-order valence-corrected chi connectivity index (χ3v) is 5.42. The van der Waals surface area contributed by atoms with Crippen molar-refractivity contribution in [2.24, 2.45) is 4.99 Å². The van der Waals surface area contributed by atoms with Crippen molar-refractivity contribution in [3.8, 4) is 11.5 Å². The summed E-state index contributed by atoms with van der Waals surface area (Å²) in [6, 6.07) is 7.30. The van der Waals surface area contributed by atoms with Crippen LogP contribution in [0.2, 0.25) is 9.36 Å². The lowest BCUT2D eigenvalue weighted by atomic mass is 10.2. The van der Waals surface area contributed by atoms with Crippen molar-refractivity contribution in [3.05, 3.63) is 44.1 Å². The summed E-state index contributed by atoms with van der Waals surface area (Å²) in [6.07, 6.45) is -0.657. The predicted octanol–water partition coefficient (Wildman–Crippen LogP) is 4.23. The molecule has 0 aliphatic carbocycles. The summed E-state index contributed by atoms with van der Waals surface area (Å²) in [5, 5.41) is 17.1. The molecule has 3 N–H and O–H groups in total. The summed E-state index contributed by atoms with van der Waals surface area (Å²) in [4.78, 5) is 5.36. The molecule has 0 bridgehead atoms. The first kappa shape index (κ1) is 23.3. The highest BCUT2D eigenvalue weighted by atomic mass is 127. The molecule has 1 unspecified atom stereocenters. The zero-order valence-electron chi connectivity index (χ0n) is 15.2. The van der Waals surface area contributed by atoms with Gasteiger partial charge in [0.05, 0.1) is 15.9 Å². The third kappa shape index (κ3) is 6.28. The van der Waals surface area contributed by atoms with Gasteiger partial charge in [-0.3, -0.25) is 0 Å². The summed E-state index contributed by atoms with van der Waals surface area (Å²) >= 11 is 13.5. The number of rotatable bonds is 6. The second-order valence-electron chi connectivity index (χ2n) is 5.84. The number of guanidine groups is 1. The number of ether oxygens (including phenoxy) is 2. The van der Waals surface area contributed by atoms with Gasteiger partial charge in [0.1, 0.15) is 19.3 Å². The highest BCUT2D eigenvalue weighted by Gasteiger charge is 2.16. The largest absolute Gasteiger partial charge is 0.486 e. The minimum absolute atomic E-state index is 0. The van der Waals surface area contributed by atoms with Gasteiger partial charge in [0.2, 0.25) is 0 Å². The van der Waals surface area contributed by atoms with Crippen LogP contribution in [0.3, 0.4) is 0 Å². The van der Waals surface area contributed by atoms with Crippen LogP contribution >= 0.6 is 58.5 Å². The number of fused-ring (bicyclic) bond motifs is 1. The molecule has 2 heterocycles. The van der Waals surface area contributed by atoms with Gasteiger partial charge in [-0.05, 0) is 36.8 Å². The molecule has 1 aliphatic heterocycles. The SMILES string of the molecule is CCNC(=NCc1cc(Cl)c2c(c1)OCCO2)NCC(O)c1ccc(Cl)s1.I. The molecule has 3 rings (SSSR count). The molecule has 0 radical (unpaired) electrons. The van der Waals surface area contributed by atoms with Crippen molar-refractivity contribution in [2.75, 3.05) is 26.3 Å². The first-order valence-electron chi connectivity index (χ1n) is 8.60. The van der Waals surface area contributed by atoms with E-state index >= 15 is 0 Å². The van der Waals surface area contributed by atoms with Gasteiger partial charge in [-0.1, -0.05) is 23.2 Å². The van der Waals surface area contributed by atoms with E-state index in [1.165, 1.54) is 11.3 Å². The van der Waals surface area contributed by atoms with E-state index < -0.39 is 6.10 Å². The number of nitrogens with zero attached hydrogens (tertiary/aromatic N) is 1. The topological polar surface area (TPSA) is 75.1 Å². The van der Waals surface area contributed by atoms with Gasteiger partial charge < -0.3 is 25.2 Å². The number of aliphatic hydroxyl groups is 1. The molecule has 1 atom stereocenters. The Balaban J connectivity index is 0.00000280. The van der Waals surface area contributed by atoms with Crippen LogP contribution in [-0.2, 0) is 6.54 Å². The van der Waals surface area contributed by atoms with E-state index in [2.05, 4.69) is 15.6 Å². The second-order valence-corrected chi connectivity index (χ2v) is 7.99. The number of aliphatic imine (C=N–C) groups is 1. The lowest BCUT2D eigenvalue weighted by Gasteiger charge is -2.20. The van der Waals surface area contributed by atoms with Gasteiger partial charge in [-0.15, -0.1) is 35.3 Å². The van der Waals surface area contributed by atoms with Gasteiger partial charge in [0.15, 0.2) is 17.5 Å². The van der Waals surface area contributed by atoms with Crippen LogP contribution in [0.5, 0.6) is 11.5 Å². The number of hydrogen-bond acceptors (Lipinski definition) is 5. The molecule has 1 aromatic heterocycles. The second kappa shape index (κ2) is 11.3. The molecule has 28 heavy (non-hydrogen) atoms. The molecule has 2 aromatic rings. The van der Waals surface area contributed by atoms with Crippen molar-refractivity contribution < 1.29 is 14.6 Å². The number of hydrogen-bond donors (Lipinski definition) is 3. The first-order valence-corrected chi connectivity index (χ1v) is 10.2. The van der Waals surface area contributed by atoms with E-state index in [4.69, 9.17) is 32.7 Å². The van der Waals surface area contributed by atoms with E-state index in [1.54, 1.807) is 6.07 Å². The van der Waals surface area contributed by atoms with Crippen LogP contribution in [0.1, 0.15) is 23.5 Å². The Kier molecular flexibility index (Phi) is 9.42. The molecule has 1 aromatic carbocycles. The quantitative estimate of drug-likeness (QED) is 0.281. The monoisotopic (exact) mass is 557 g/mol. The summed E-state index contributed by atoms with van der Waals surface area (Å²) in [5.74, 6) is 1.82. The lowest BCUT2D eigenvalue weighted by molar-refractivity contribution is 0.171. The average molecular weight is 558 g/mol. The maximum atomic E-state index is 10.3. The summed E-state index contributed by atoms with van der Waals surface area (Å²) in [6.45, 7) is 4.42. The Morgan fingerprint density at radius 3 is 2.75 bits per heavy atom. The fourth-order valence-electron chi connectivity index (χ4n) is 2.57. The Morgan fingerprint density at radius 1 is 1.25 bits per heavy atom. The highest BCUT2D eigenvalue weighted by Crippen LogP contribution is 2.38. The van der Waals surface area contributed by atoms with Gasteiger partial charge in [-0.25, -0.2) is 4.99 Å². The Bertz CT molecular complexity index is 819. The van der Waals surface area contributed by atoms with E-state index in [0.717, 1.165) is 10.4 Å². The first-order chi connectivity index (χ1) is 13.1. The molecule has 0 spiro atoms. The molecule has 10 heteroatoms. The van der Waals surface area contributed by atoms with E-state index in [1.807, 2.05) is 25.1 Å². The van der Waals surface area contributed by atoms with Crippen LogP contribution < -0.4 is 20.1 Å². The molecule has 6 nitrogen and oxygen atoms in total. The minimum atomic E-state index is -0.657. The van der Waals surface area contributed by atoms with Gasteiger partial charge >= 0.3 is 0 Å². The molecule has 0 amide bonds. The normalized spacial score (nSPS) is 14.2. The van der Waals surface area contributed by atoms with Gasteiger partial charge in [0.25, 0.3) is 0 Å². The molecular weight excluding hydrogens is 536 g/mol. The third-order valence-electron chi connectivity index (χ3n) is 3.81. The lowest BCUT2D eigenvalue weighted by Crippen LogP contribution is -2.39. The predicted molar refractivity (Wildman–Crippen MR) is 125 cm³/mol. The fraction of sp³-hybridized carbons (Fsp3) is 0.389. The summed E-state index contributed by atoms with van der Waals surface area (Å²) < 4.78 is 11.8. The number of thiophene rings is 1. The molecule has 154 valence electrons. The zero-order valence-corrected chi connectivity index (χ0v) is 19.9. The Labute approximate surface area is 195 Å². The smallest absolute Gasteiger partial charge is 0.191 e. The van der Waals surface area contributed by atoms with E-state index in [9.17, 15) is 5.11 Å². The number of nitrogens with one attached hydrogen (secondary N) is 2. The van der Waals surface area contributed by atoms with Crippen molar-refractivity contribution in [1.29, 1.82) is 0 Å². The molecule has 0 fully saturated rings. The molecular formula is C18H22Cl2IN3O3S. The van der Waals surface area contributed by atoms with Crippen molar-refractivity contribution in [2.45, 2.75) is 19.6 Å². The van der Waals surface area contributed by atoms with E-state index in [-0.39, 0.29) is 24.0 Å². The van der Waals surface area contributed by atoms with E-state index in [0.29, 0.717) is 59.7 Å². The van der Waals surface area contributed by atoms with Crippen LogP contribution in [0.25, 0.3) is 0 Å². The maximum Gasteiger partial charge on any atom is 0.191 e. The average Bonchev–Trinajstić information content (AvgIpc) is 3.10. The van der Waals surface area contributed by atoms with Crippen LogP contribution in [-0.4, -0.2) is 37.4 Å². The standard InChI is InChI=1S/C18H21Cl2N3O3S.HI/c1-2-21-18(23-10-13(24)15-3-4-16(20)27-15)22-9-11-7-12(19)17-14(8-11)25-5-6-26-17;/h3-4,7-8,13,24H,2,5-6,9-10H2,1H3,(H2,21,22,23);1H. The summed E-state index contributed by atoms with van der Waals surface area (Å²) in [7, 11) is 0. The minimum Gasteiger partial charge on any atom is -0.486 e. The highest BCUT2D eigenvalue weighted by molar-refractivity contribution is 14.0. The number of aliphatic hydroxyl groups excluding tert-OH is 1. The number of halogens is 3. The Morgan fingerprint density at radius 2 is 2.04 bits per heavy atom. The van der Waals surface area contributed by atoms with Gasteiger partial charge in [0, 0.05) is 18.0 Å². The van der Waals surface area contributed by atoms with Crippen LogP contribution in [0, 0.1) is 0 Å².